The number of alkyl halides is 1. The topological polar surface area (TPSA) is 20.2 Å². The monoisotopic (exact) mass is 188 g/mol. The van der Waals surface area contributed by atoms with Crippen LogP contribution >= 0.6 is 11.6 Å². The van der Waals surface area contributed by atoms with Gasteiger partial charge >= 0.3 is 0 Å². The SMILES string of the molecule is Cc1ccc(Cl)c(C(O)CF)c1. The van der Waals surface area contributed by atoms with Crippen molar-refractivity contribution in [3.63, 3.8) is 0 Å². The molecule has 0 spiro atoms. The quantitative estimate of drug-likeness (QED) is 0.757. The zero-order valence-corrected chi connectivity index (χ0v) is 7.48. The maximum absolute atomic E-state index is 12.1. The average molecular weight is 189 g/mol. The minimum atomic E-state index is -1.10. The molecule has 0 aromatic heterocycles. The van der Waals surface area contributed by atoms with E-state index < -0.39 is 12.8 Å². The van der Waals surface area contributed by atoms with Crippen LogP contribution in [0.5, 0.6) is 0 Å². The molecule has 0 bridgehead atoms. The lowest BCUT2D eigenvalue weighted by Gasteiger charge is -2.08. The maximum atomic E-state index is 12.1. The highest BCUT2D eigenvalue weighted by Crippen LogP contribution is 2.24. The maximum Gasteiger partial charge on any atom is 0.120 e. The molecule has 1 aromatic rings. The number of aliphatic hydroxyl groups excluding tert-OH is 1. The molecule has 1 nitrogen and oxygen atoms in total. The van der Waals surface area contributed by atoms with E-state index in [4.69, 9.17) is 11.6 Å². The Morgan fingerprint density at radius 2 is 2.25 bits per heavy atom. The summed E-state index contributed by atoms with van der Waals surface area (Å²) in [5, 5.41) is 9.58. The van der Waals surface area contributed by atoms with Crippen LogP contribution in [-0.4, -0.2) is 11.8 Å². The van der Waals surface area contributed by atoms with Gasteiger partial charge in [-0.05, 0) is 13.0 Å². The second kappa shape index (κ2) is 3.87. The average Bonchev–Trinajstić information content (AvgIpc) is 2.08. The summed E-state index contributed by atoms with van der Waals surface area (Å²) >= 11 is 5.74. The molecule has 66 valence electrons. The Morgan fingerprint density at radius 3 is 2.83 bits per heavy atom. The standard InChI is InChI=1S/C9H10ClFO/c1-6-2-3-8(10)7(4-6)9(12)5-11/h2-4,9,12H,5H2,1H3. The van der Waals surface area contributed by atoms with Crippen molar-refractivity contribution in [2.45, 2.75) is 13.0 Å². The summed E-state index contributed by atoms with van der Waals surface area (Å²) in [5.41, 5.74) is 1.42. The Kier molecular flexibility index (Phi) is 3.06. The fraction of sp³-hybridized carbons (Fsp3) is 0.333. The van der Waals surface area contributed by atoms with Crippen LogP contribution in [0.2, 0.25) is 5.02 Å². The number of benzene rings is 1. The molecule has 3 heteroatoms. The van der Waals surface area contributed by atoms with Crippen molar-refractivity contribution in [2.24, 2.45) is 0 Å². The molecule has 0 fully saturated rings. The van der Waals surface area contributed by atoms with Gasteiger partial charge in [0.1, 0.15) is 12.8 Å². The highest BCUT2D eigenvalue weighted by atomic mass is 35.5. The first kappa shape index (κ1) is 9.49. The fourth-order valence-corrected chi connectivity index (χ4v) is 1.25. The third kappa shape index (κ3) is 1.96. The molecular formula is C9H10ClFO. The summed E-state index contributed by atoms with van der Waals surface area (Å²) in [6.45, 7) is 1.06. The van der Waals surface area contributed by atoms with Crippen molar-refractivity contribution in [1.82, 2.24) is 0 Å². The van der Waals surface area contributed by atoms with Gasteiger partial charge in [-0.3, -0.25) is 0 Å². The first-order valence-corrected chi connectivity index (χ1v) is 4.03. The summed E-state index contributed by atoms with van der Waals surface area (Å²) in [4.78, 5) is 0. The molecular weight excluding hydrogens is 179 g/mol. The molecule has 0 saturated carbocycles. The number of aryl methyl sites for hydroxylation is 1. The predicted molar refractivity (Wildman–Crippen MR) is 47.1 cm³/mol. The second-order valence-electron chi connectivity index (χ2n) is 2.70. The molecule has 0 amide bonds. The van der Waals surface area contributed by atoms with E-state index in [0.717, 1.165) is 5.56 Å². The van der Waals surface area contributed by atoms with E-state index in [1.54, 1.807) is 12.1 Å². The third-order valence-corrected chi connectivity index (χ3v) is 2.00. The predicted octanol–water partition coefficient (Wildman–Crippen LogP) is 2.65. The summed E-state index contributed by atoms with van der Waals surface area (Å²) in [6.07, 6.45) is -1.10. The van der Waals surface area contributed by atoms with E-state index >= 15 is 0 Å². The van der Waals surface area contributed by atoms with Gasteiger partial charge in [-0.2, -0.15) is 0 Å². The molecule has 1 rings (SSSR count). The van der Waals surface area contributed by atoms with Crippen LogP contribution in [0.3, 0.4) is 0 Å². The summed E-state index contributed by atoms with van der Waals surface area (Å²) in [5.74, 6) is 0. The Hall–Kier alpha value is -0.600. The van der Waals surface area contributed by atoms with Crippen LogP contribution in [0.25, 0.3) is 0 Å². The van der Waals surface area contributed by atoms with E-state index in [-0.39, 0.29) is 0 Å². The van der Waals surface area contributed by atoms with E-state index in [1.165, 1.54) is 0 Å². The molecule has 1 atom stereocenters. The molecule has 0 aliphatic heterocycles. The number of rotatable bonds is 2. The molecule has 0 saturated heterocycles. The first-order chi connectivity index (χ1) is 5.65. The highest BCUT2D eigenvalue weighted by Gasteiger charge is 2.10. The van der Waals surface area contributed by atoms with Gasteiger partial charge in [0.25, 0.3) is 0 Å². The molecule has 1 unspecified atom stereocenters. The largest absolute Gasteiger partial charge is 0.386 e. The van der Waals surface area contributed by atoms with E-state index in [9.17, 15) is 9.50 Å². The lowest BCUT2D eigenvalue weighted by atomic mass is 10.1. The van der Waals surface area contributed by atoms with Crippen molar-refractivity contribution in [1.29, 1.82) is 0 Å². The fourth-order valence-electron chi connectivity index (χ4n) is 1.00. The molecule has 1 N–H and O–H groups in total. The summed E-state index contributed by atoms with van der Waals surface area (Å²) in [6, 6.07) is 5.16. The van der Waals surface area contributed by atoms with Gasteiger partial charge in [-0.25, -0.2) is 4.39 Å². The minimum absolute atomic E-state index is 0.408. The molecule has 0 radical (unpaired) electrons. The van der Waals surface area contributed by atoms with Crippen LogP contribution in [0.15, 0.2) is 18.2 Å². The molecule has 1 aromatic carbocycles. The number of halogens is 2. The minimum Gasteiger partial charge on any atom is -0.386 e. The first-order valence-electron chi connectivity index (χ1n) is 3.65. The lowest BCUT2D eigenvalue weighted by Crippen LogP contribution is -2.00. The van der Waals surface area contributed by atoms with Gasteiger partial charge in [-0.15, -0.1) is 0 Å². The zero-order valence-electron chi connectivity index (χ0n) is 6.72. The van der Waals surface area contributed by atoms with Gasteiger partial charge < -0.3 is 5.11 Å². The highest BCUT2D eigenvalue weighted by molar-refractivity contribution is 6.31. The Balaban J connectivity index is 3.04. The van der Waals surface area contributed by atoms with Gasteiger partial charge in [0, 0.05) is 10.6 Å². The number of hydrogen-bond donors (Lipinski definition) is 1. The Morgan fingerprint density at radius 1 is 1.58 bits per heavy atom. The van der Waals surface area contributed by atoms with E-state index in [2.05, 4.69) is 0 Å². The molecule has 12 heavy (non-hydrogen) atoms. The van der Waals surface area contributed by atoms with E-state index in [0.29, 0.717) is 10.6 Å². The van der Waals surface area contributed by atoms with Crippen LogP contribution in [0.1, 0.15) is 17.2 Å². The third-order valence-electron chi connectivity index (χ3n) is 1.66. The van der Waals surface area contributed by atoms with Gasteiger partial charge in [0.2, 0.25) is 0 Å². The lowest BCUT2D eigenvalue weighted by molar-refractivity contribution is 0.142. The molecule has 0 aliphatic rings. The summed E-state index contributed by atoms with van der Waals surface area (Å²) < 4.78 is 12.1. The normalized spacial score (nSPS) is 13.0. The second-order valence-corrected chi connectivity index (χ2v) is 3.10. The Bertz CT molecular complexity index is 275. The van der Waals surface area contributed by atoms with Crippen LogP contribution < -0.4 is 0 Å². The van der Waals surface area contributed by atoms with Crippen LogP contribution in [0, 0.1) is 6.92 Å². The van der Waals surface area contributed by atoms with E-state index in [1.807, 2.05) is 13.0 Å². The van der Waals surface area contributed by atoms with Crippen molar-refractivity contribution in [3.05, 3.63) is 34.3 Å². The van der Waals surface area contributed by atoms with Gasteiger partial charge in [-0.1, -0.05) is 29.3 Å². The van der Waals surface area contributed by atoms with Crippen LogP contribution in [0.4, 0.5) is 4.39 Å². The smallest absolute Gasteiger partial charge is 0.120 e. The molecule has 0 heterocycles. The molecule has 0 aliphatic carbocycles. The number of aliphatic hydroxyl groups is 1. The van der Waals surface area contributed by atoms with Gasteiger partial charge in [0.05, 0.1) is 0 Å². The van der Waals surface area contributed by atoms with Crippen molar-refractivity contribution < 1.29 is 9.50 Å². The van der Waals surface area contributed by atoms with Crippen molar-refractivity contribution in [2.75, 3.05) is 6.67 Å². The number of hydrogen-bond acceptors (Lipinski definition) is 1. The summed E-state index contributed by atoms with van der Waals surface area (Å²) in [7, 11) is 0. The zero-order chi connectivity index (χ0) is 9.14. The van der Waals surface area contributed by atoms with Crippen molar-refractivity contribution in [3.8, 4) is 0 Å². The Labute approximate surface area is 75.8 Å². The van der Waals surface area contributed by atoms with Crippen LogP contribution in [-0.2, 0) is 0 Å². The van der Waals surface area contributed by atoms with Crippen molar-refractivity contribution >= 4 is 11.6 Å². The van der Waals surface area contributed by atoms with Gasteiger partial charge in [0.15, 0.2) is 0 Å².